The lowest BCUT2D eigenvalue weighted by Crippen LogP contribution is -2.40. The van der Waals surface area contributed by atoms with Crippen LogP contribution in [0.1, 0.15) is 39.5 Å². The summed E-state index contributed by atoms with van der Waals surface area (Å²) in [5.74, 6) is -0.736. The second-order valence-corrected chi connectivity index (χ2v) is 4.14. The molecule has 0 fully saturated rings. The van der Waals surface area contributed by atoms with Gasteiger partial charge in [0.2, 0.25) is 0 Å². The van der Waals surface area contributed by atoms with E-state index >= 15 is 0 Å². The molecule has 84 valence electrons. The van der Waals surface area contributed by atoms with Crippen molar-refractivity contribution in [3.8, 4) is 0 Å². The number of carboxylic acid groups (broad SMARTS) is 1. The Hall–Kier alpha value is -0.610. The molecule has 0 aliphatic rings. The van der Waals surface area contributed by atoms with Gasteiger partial charge in [0.1, 0.15) is 0 Å². The lowest BCUT2D eigenvalue weighted by molar-refractivity contribution is -0.137. The van der Waals surface area contributed by atoms with Gasteiger partial charge in [-0.2, -0.15) is 0 Å². The predicted octanol–water partition coefficient (Wildman–Crippen LogP) is 0.992. The average molecular weight is 203 g/mol. The van der Waals surface area contributed by atoms with Gasteiger partial charge in [0.15, 0.2) is 0 Å². The van der Waals surface area contributed by atoms with Crippen LogP contribution < -0.4 is 5.32 Å². The van der Waals surface area contributed by atoms with Gasteiger partial charge in [-0.3, -0.25) is 4.79 Å². The number of unbranched alkanes of at least 4 members (excludes halogenated alkanes) is 1. The van der Waals surface area contributed by atoms with Crippen LogP contribution in [-0.2, 0) is 4.79 Å². The van der Waals surface area contributed by atoms with E-state index in [1.54, 1.807) is 0 Å². The van der Waals surface area contributed by atoms with Crippen LogP contribution in [0.4, 0.5) is 0 Å². The van der Waals surface area contributed by atoms with Gasteiger partial charge >= 0.3 is 5.97 Å². The zero-order chi connectivity index (χ0) is 11.0. The Morgan fingerprint density at radius 1 is 1.36 bits per heavy atom. The molecule has 0 spiro atoms. The smallest absolute Gasteiger partial charge is 0.303 e. The van der Waals surface area contributed by atoms with Gasteiger partial charge in [-0.25, -0.2) is 0 Å². The first-order chi connectivity index (χ1) is 6.48. The van der Waals surface area contributed by atoms with Crippen LogP contribution in [0.15, 0.2) is 0 Å². The van der Waals surface area contributed by atoms with Gasteiger partial charge < -0.3 is 15.5 Å². The summed E-state index contributed by atoms with van der Waals surface area (Å²) in [6, 6.07) is 0. The van der Waals surface area contributed by atoms with Crippen molar-refractivity contribution in [2.24, 2.45) is 0 Å². The molecule has 14 heavy (non-hydrogen) atoms. The van der Waals surface area contributed by atoms with E-state index in [9.17, 15) is 4.79 Å². The number of carbonyl (C=O) groups is 1. The quantitative estimate of drug-likeness (QED) is 0.515. The Bertz CT molecular complexity index is 169. The highest BCUT2D eigenvalue weighted by atomic mass is 16.4. The molecule has 0 aliphatic heterocycles. The molecule has 0 unspecified atom stereocenters. The minimum absolute atomic E-state index is 0.0576. The number of rotatable bonds is 8. The molecule has 0 radical (unpaired) electrons. The number of aliphatic hydroxyl groups is 1. The normalized spacial score (nSPS) is 11.6. The number of aliphatic carboxylic acids is 1. The van der Waals surface area contributed by atoms with Crippen LogP contribution in [0.25, 0.3) is 0 Å². The molecular weight excluding hydrogens is 182 g/mol. The maximum atomic E-state index is 10.2. The summed E-state index contributed by atoms with van der Waals surface area (Å²) < 4.78 is 0. The zero-order valence-corrected chi connectivity index (χ0v) is 9.05. The first-order valence-corrected chi connectivity index (χ1v) is 5.05. The lowest BCUT2D eigenvalue weighted by Gasteiger charge is -2.25. The third kappa shape index (κ3) is 8.01. The fourth-order valence-corrected chi connectivity index (χ4v) is 1.20. The molecule has 0 atom stereocenters. The third-order valence-corrected chi connectivity index (χ3v) is 2.16. The van der Waals surface area contributed by atoms with Crippen LogP contribution in [0.5, 0.6) is 0 Å². The Morgan fingerprint density at radius 2 is 2.00 bits per heavy atom. The molecule has 0 saturated carbocycles. The van der Waals surface area contributed by atoms with Gasteiger partial charge in [-0.05, 0) is 39.7 Å². The second-order valence-electron chi connectivity index (χ2n) is 4.14. The van der Waals surface area contributed by atoms with Crippen molar-refractivity contribution >= 4 is 5.97 Å². The fourth-order valence-electron chi connectivity index (χ4n) is 1.20. The SMILES string of the molecule is CC(C)(CCO)NCCCCC(=O)O. The number of nitrogens with one attached hydrogen (secondary N) is 1. The molecule has 0 heterocycles. The Labute approximate surface area is 85.3 Å². The molecule has 0 bridgehead atoms. The highest BCUT2D eigenvalue weighted by Crippen LogP contribution is 2.07. The van der Waals surface area contributed by atoms with Gasteiger partial charge in [-0.15, -0.1) is 0 Å². The van der Waals surface area contributed by atoms with Gasteiger partial charge in [0.25, 0.3) is 0 Å². The van der Waals surface area contributed by atoms with Gasteiger partial charge in [-0.1, -0.05) is 0 Å². The highest BCUT2D eigenvalue weighted by Gasteiger charge is 2.14. The molecule has 0 aliphatic carbocycles. The largest absolute Gasteiger partial charge is 0.481 e. The van der Waals surface area contributed by atoms with E-state index in [0.29, 0.717) is 12.8 Å². The summed E-state index contributed by atoms with van der Waals surface area (Å²) in [5, 5.41) is 20.4. The average Bonchev–Trinajstić information content (AvgIpc) is 2.02. The van der Waals surface area contributed by atoms with E-state index in [-0.39, 0.29) is 18.6 Å². The van der Waals surface area contributed by atoms with E-state index in [1.165, 1.54) is 0 Å². The lowest BCUT2D eigenvalue weighted by atomic mass is 10.0. The molecule has 4 heteroatoms. The monoisotopic (exact) mass is 203 g/mol. The third-order valence-electron chi connectivity index (χ3n) is 2.16. The maximum Gasteiger partial charge on any atom is 0.303 e. The van der Waals surface area contributed by atoms with Crippen molar-refractivity contribution < 1.29 is 15.0 Å². The number of carboxylic acids is 1. The molecule has 0 rings (SSSR count). The minimum Gasteiger partial charge on any atom is -0.481 e. The summed E-state index contributed by atoms with van der Waals surface area (Å²) in [4.78, 5) is 10.2. The molecule has 0 aromatic rings. The molecule has 0 saturated heterocycles. The summed E-state index contributed by atoms with van der Waals surface area (Å²) in [6.07, 6.45) is 2.52. The van der Waals surface area contributed by atoms with Crippen LogP contribution in [0.3, 0.4) is 0 Å². The number of aliphatic hydroxyl groups excluding tert-OH is 1. The van der Waals surface area contributed by atoms with Crippen LogP contribution in [0, 0.1) is 0 Å². The van der Waals surface area contributed by atoms with E-state index in [1.807, 2.05) is 13.8 Å². The topological polar surface area (TPSA) is 69.6 Å². The maximum absolute atomic E-state index is 10.2. The van der Waals surface area contributed by atoms with Crippen molar-refractivity contribution in [2.75, 3.05) is 13.2 Å². The Morgan fingerprint density at radius 3 is 2.50 bits per heavy atom. The van der Waals surface area contributed by atoms with Crippen molar-refractivity contribution in [3.63, 3.8) is 0 Å². The van der Waals surface area contributed by atoms with E-state index in [4.69, 9.17) is 10.2 Å². The second kappa shape index (κ2) is 6.79. The van der Waals surface area contributed by atoms with Gasteiger partial charge in [0, 0.05) is 18.6 Å². The van der Waals surface area contributed by atoms with Crippen molar-refractivity contribution in [1.29, 1.82) is 0 Å². The van der Waals surface area contributed by atoms with Crippen LogP contribution in [-0.4, -0.2) is 34.9 Å². The summed E-state index contributed by atoms with van der Waals surface area (Å²) >= 11 is 0. The molecule has 0 aromatic heterocycles. The highest BCUT2D eigenvalue weighted by molar-refractivity contribution is 5.66. The van der Waals surface area contributed by atoms with E-state index < -0.39 is 5.97 Å². The first-order valence-electron chi connectivity index (χ1n) is 5.05. The fraction of sp³-hybridized carbons (Fsp3) is 0.900. The summed E-state index contributed by atoms with van der Waals surface area (Å²) in [7, 11) is 0. The Balaban J connectivity index is 3.39. The van der Waals surface area contributed by atoms with Crippen LogP contribution in [0.2, 0.25) is 0 Å². The standard InChI is InChI=1S/C10H21NO3/c1-10(2,6-8-12)11-7-4-3-5-9(13)14/h11-12H,3-8H2,1-2H3,(H,13,14). The zero-order valence-electron chi connectivity index (χ0n) is 9.05. The number of hydrogen-bond acceptors (Lipinski definition) is 3. The first kappa shape index (κ1) is 13.4. The van der Waals surface area contributed by atoms with Crippen molar-refractivity contribution in [2.45, 2.75) is 45.1 Å². The predicted molar refractivity (Wildman–Crippen MR) is 55.3 cm³/mol. The summed E-state index contributed by atoms with van der Waals surface area (Å²) in [6.45, 7) is 5.04. The Kier molecular flexibility index (Phi) is 6.49. The van der Waals surface area contributed by atoms with Gasteiger partial charge in [0.05, 0.1) is 0 Å². The molecule has 0 aromatic carbocycles. The van der Waals surface area contributed by atoms with E-state index in [0.717, 1.165) is 13.0 Å². The molecule has 4 nitrogen and oxygen atoms in total. The number of hydrogen-bond donors (Lipinski definition) is 3. The van der Waals surface area contributed by atoms with Crippen LogP contribution >= 0.6 is 0 Å². The van der Waals surface area contributed by atoms with E-state index in [2.05, 4.69) is 5.32 Å². The minimum atomic E-state index is -0.736. The molecular formula is C10H21NO3. The molecule has 0 amide bonds. The van der Waals surface area contributed by atoms with Crippen molar-refractivity contribution in [1.82, 2.24) is 5.32 Å². The summed E-state index contributed by atoms with van der Waals surface area (Å²) in [5.41, 5.74) is -0.0576. The van der Waals surface area contributed by atoms with Crippen molar-refractivity contribution in [3.05, 3.63) is 0 Å². The molecule has 3 N–H and O–H groups in total.